The van der Waals surface area contributed by atoms with Gasteiger partial charge in [-0.05, 0) is 33.3 Å². The van der Waals surface area contributed by atoms with Gasteiger partial charge in [0.05, 0.1) is 13.7 Å². The maximum atomic E-state index is 12.6. The Balaban J connectivity index is 2.81. The van der Waals surface area contributed by atoms with Crippen LogP contribution in [-0.4, -0.2) is 61.2 Å². The van der Waals surface area contributed by atoms with Crippen LogP contribution in [0.5, 0.6) is 0 Å². The second kappa shape index (κ2) is 12.3. The summed E-state index contributed by atoms with van der Waals surface area (Å²) in [6.07, 6.45) is -1.77. The van der Waals surface area contributed by atoms with Crippen LogP contribution in [0.25, 0.3) is 0 Å². The third-order valence-electron chi connectivity index (χ3n) is 3.80. The van der Waals surface area contributed by atoms with Gasteiger partial charge in [-0.1, -0.05) is 30.3 Å². The minimum Gasteiger partial charge on any atom is -0.467 e. The summed E-state index contributed by atoms with van der Waals surface area (Å²) in [6.45, 7) is 5.58. The number of benzene rings is 1. The SMILES string of the molecule is COC(=O)C(NC(=O)[C@H](CNC(=O)OCc1ccccc1)NC(=O)OC(C)(C)C)C(C)=O. The molecule has 0 spiro atoms. The highest BCUT2D eigenvalue weighted by Crippen LogP contribution is 2.07. The first-order valence-electron chi connectivity index (χ1n) is 9.75. The maximum Gasteiger partial charge on any atom is 0.408 e. The molecule has 0 radical (unpaired) electrons. The van der Waals surface area contributed by atoms with Gasteiger partial charge < -0.3 is 30.2 Å². The number of ether oxygens (including phenoxy) is 3. The number of carbonyl (C=O) groups excluding carboxylic acids is 5. The van der Waals surface area contributed by atoms with Gasteiger partial charge >= 0.3 is 18.2 Å². The quantitative estimate of drug-likeness (QED) is 0.287. The summed E-state index contributed by atoms with van der Waals surface area (Å²) in [5.74, 6) is -2.56. The lowest BCUT2D eigenvalue weighted by Crippen LogP contribution is -2.57. The van der Waals surface area contributed by atoms with E-state index in [-0.39, 0.29) is 6.61 Å². The molecule has 3 amide bonds. The van der Waals surface area contributed by atoms with Gasteiger partial charge in [-0.2, -0.15) is 0 Å². The zero-order chi connectivity index (χ0) is 24.3. The number of ketones is 1. The first kappa shape index (κ1) is 26.4. The fourth-order valence-electron chi connectivity index (χ4n) is 2.31. The van der Waals surface area contributed by atoms with E-state index in [1.165, 1.54) is 0 Å². The van der Waals surface area contributed by atoms with E-state index in [2.05, 4.69) is 20.7 Å². The second-order valence-corrected chi connectivity index (χ2v) is 7.72. The zero-order valence-electron chi connectivity index (χ0n) is 18.7. The summed E-state index contributed by atoms with van der Waals surface area (Å²) in [5.41, 5.74) is -0.0904. The van der Waals surface area contributed by atoms with Crippen LogP contribution in [0.1, 0.15) is 33.3 Å². The molecule has 3 N–H and O–H groups in total. The monoisotopic (exact) mass is 451 g/mol. The Labute approximate surface area is 186 Å². The molecule has 0 aliphatic heterocycles. The summed E-state index contributed by atoms with van der Waals surface area (Å²) < 4.78 is 14.7. The molecule has 0 aliphatic carbocycles. The minimum atomic E-state index is -1.57. The molecule has 32 heavy (non-hydrogen) atoms. The number of esters is 1. The van der Waals surface area contributed by atoms with Crippen LogP contribution in [0, 0.1) is 0 Å². The van der Waals surface area contributed by atoms with Gasteiger partial charge in [-0.15, -0.1) is 0 Å². The molecule has 2 atom stereocenters. The molecule has 0 bridgehead atoms. The van der Waals surface area contributed by atoms with Crippen LogP contribution in [0.3, 0.4) is 0 Å². The molecular formula is C21H29N3O8. The lowest BCUT2D eigenvalue weighted by Gasteiger charge is -2.24. The molecule has 0 aromatic heterocycles. The lowest BCUT2D eigenvalue weighted by molar-refractivity contribution is -0.148. The zero-order valence-corrected chi connectivity index (χ0v) is 18.7. The fourth-order valence-corrected chi connectivity index (χ4v) is 2.31. The van der Waals surface area contributed by atoms with Crippen molar-refractivity contribution >= 4 is 29.8 Å². The average Bonchev–Trinajstić information content (AvgIpc) is 2.71. The maximum absolute atomic E-state index is 12.6. The van der Waals surface area contributed by atoms with E-state index >= 15 is 0 Å². The van der Waals surface area contributed by atoms with Gasteiger partial charge in [-0.3, -0.25) is 9.59 Å². The van der Waals surface area contributed by atoms with Gasteiger partial charge in [0, 0.05) is 0 Å². The smallest absolute Gasteiger partial charge is 0.408 e. The highest BCUT2D eigenvalue weighted by molar-refractivity contribution is 6.05. The first-order chi connectivity index (χ1) is 14.9. The second-order valence-electron chi connectivity index (χ2n) is 7.72. The van der Waals surface area contributed by atoms with Gasteiger partial charge in [0.1, 0.15) is 18.2 Å². The first-order valence-corrected chi connectivity index (χ1v) is 9.75. The van der Waals surface area contributed by atoms with Crippen molar-refractivity contribution in [3.05, 3.63) is 35.9 Å². The Hall–Kier alpha value is -3.63. The summed E-state index contributed by atoms with van der Waals surface area (Å²) in [5, 5.41) is 6.84. The summed E-state index contributed by atoms with van der Waals surface area (Å²) >= 11 is 0. The van der Waals surface area contributed by atoms with Crippen molar-refractivity contribution < 1.29 is 38.2 Å². The number of alkyl carbamates (subject to hydrolysis) is 2. The summed E-state index contributed by atoms with van der Waals surface area (Å²) in [4.78, 5) is 60.2. The van der Waals surface area contributed by atoms with E-state index in [1.807, 2.05) is 6.07 Å². The van der Waals surface area contributed by atoms with Gasteiger partial charge in [0.25, 0.3) is 0 Å². The fraction of sp³-hybridized carbons (Fsp3) is 0.476. The van der Waals surface area contributed by atoms with Crippen molar-refractivity contribution in [3.8, 4) is 0 Å². The predicted molar refractivity (Wildman–Crippen MR) is 112 cm³/mol. The van der Waals surface area contributed by atoms with E-state index in [0.717, 1.165) is 19.6 Å². The largest absolute Gasteiger partial charge is 0.467 e. The molecule has 0 saturated carbocycles. The van der Waals surface area contributed by atoms with E-state index in [0.29, 0.717) is 0 Å². The number of amides is 3. The molecule has 0 heterocycles. The molecule has 1 unspecified atom stereocenters. The minimum absolute atomic E-state index is 0.00220. The van der Waals surface area contributed by atoms with E-state index < -0.39 is 54.1 Å². The third kappa shape index (κ3) is 9.92. The van der Waals surface area contributed by atoms with Crippen molar-refractivity contribution in [2.75, 3.05) is 13.7 Å². The highest BCUT2D eigenvalue weighted by atomic mass is 16.6. The van der Waals surface area contributed by atoms with Crippen LogP contribution in [0.4, 0.5) is 9.59 Å². The number of carbonyl (C=O) groups is 5. The summed E-state index contributed by atoms with van der Waals surface area (Å²) in [6, 6.07) is 5.98. The molecule has 176 valence electrons. The molecular weight excluding hydrogens is 422 g/mol. The van der Waals surface area contributed by atoms with Crippen LogP contribution >= 0.6 is 0 Å². The number of Topliss-reactive ketones (excluding diaryl/α,β-unsaturated/α-hetero) is 1. The van der Waals surface area contributed by atoms with Crippen LogP contribution in [0.2, 0.25) is 0 Å². The Morgan fingerprint density at radius 1 is 0.969 bits per heavy atom. The Bertz CT molecular complexity index is 820. The summed E-state index contributed by atoms with van der Waals surface area (Å²) in [7, 11) is 1.06. The Kier molecular flexibility index (Phi) is 10.1. The number of hydrogen-bond donors (Lipinski definition) is 3. The Morgan fingerprint density at radius 3 is 2.12 bits per heavy atom. The van der Waals surface area contributed by atoms with Gasteiger partial charge in [0.15, 0.2) is 11.8 Å². The standard InChI is InChI=1S/C21H29N3O8/c1-13(25)16(18(27)30-5)24-17(26)15(23-20(29)32-21(2,3)4)11-22-19(28)31-12-14-9-7-6-8-10-14/h6-10,15-16H,11-12H2,1-5H3,(H,22,28)(H,23,29)(H,24,26)/t15-,16?/m0/s1. The molecule has 0 fully saturated rings. The number of nitrogens with one attached hydrogen (secondary N) is 3. The van der Waals surface area contributed by atoms with Crippen molar-refractivity contribution in [3.63, 3.8) is 0 Å². The molecule has 11 nitrogen and oxygen atoms in total. The van der Waals surface area contributed by atoms with E-state index in [4.69, 9.17) is 9.47 Å². The molecule has 1 aromatic carbocycles. The average molecular weight is 451 g/mol. The van der Waals surface area contributed by atoms with Crippen molar-refractivity contribution in [2.24, 2.45) is 0 Å². The van der Waals surface area contributed by atoms with Gasteiger partial charge in [-0.25, -0.2) is 14.4 Å². The lowest BCUT2D eigenvalue weighted by atomic mass is 10.1. The molecule has 11 heteroatoms. The van der Waals surface area contributed by atoms with Gasteiger partial charge in [0.2, 0.25) is 5.91 Å². The van der Waals surface area contributed by atoms with Crippen LogP contribution in [-0.2, 0) is 35.2 Å². The Morgan fingerprint density at radius 2 is 1.59 bits per heavy atom. The number of methoxy groups -OCH3 is 1. The molecule has 1 aromatic rings. The number of rotatable bonds is 9. The molecule has 0 saturated heterocycles. The van der Waals surface area contributed by atoms with E-state index in [9.17, 15) is 24.0 Å². The van der Waals surface area contributed by atoms with Crippen molar-refractivity contribution in [1.82, 2.24) is 16.0 Å². The molecule has 0 aliphatic rings. The third-order valence-corrected chi connectivity index (χ3v) is 3.80. The topological polar surface area (TPSA) is 149 Å². The predicted octanol–water partition coefficient (Wildman–Crippen LogP) is 1.05. The normalized spacial score (nSPS) is 12.5. The van der Waals surface area contributed by atoms with Crippen molar-refractivity contribution in [2.45, 2.75) is 52.0 Å². The van der Waals surface area contributed by atoms with Crippen LogP contribution in [0.15, 0.2) is 30.3 Å². The molecule has 1 rings (SSSR count). The number of hydrogen-bond acceptors (Lipinski definition) is 8. The highest BCUT2D eigenvalue weighted by Gasteiger charge is 2.31. The van der Waals surface area contributed by atoms with Crippen molar-refractivity contribution in [1.29, 1.82) is 0 Å². The van der Waals surface area contributed by atoms with Crippen LogP contribution < -0.4 is 16.0 Å². The van der Waals surface area contributed by atoms with E-state index in [1.54, 1.807) is 45.0 Å².